The highest BCUT2D eigenvalue weighted by Gasteiger charge is 2.09. The lowest BCUT2D eigenvalue weighted by Gasteiger charge is -2.14. The van der Waals surface area contributed by atoms with Gasteiger partial charge in [-0.2, -0.15) is 0 Å². The van der Waals surface area contributed by atoms with Gasteiger partial charge in [-0.1, -0.05) is 32.0 Å². The second kappa shape index (κ2) is 8.20. The summed E-state index contributed by atoms with van der Waals surface area (Å²) in [5.41, 5.74) is 2.73. The third-order valence-corrected chi connectivity index (χ3v) is 4.19. The number of benzene rings is 1. The zero-order valence-electron chi connectivity index (χ0n) is 13.6. The quantitative estimate of drug-likeness (QED) is 0.707. The fraction of sp³-hybridized carbons (Fsp3) is 0.556. The van der Waals surface area contributed by atoms with E-state index in [0.717, 1.165) is 26.1 Å². The summed E-state index contributed by atoms with van der Waals surface area (Å²) < 4.78 is 7.52. The van der Waals surface area contributed by atoms with Crippen LogP contribution in [0.3, 0.4) is 0 Å². The molecule has 0 fully saturated rings. The van der Waals surface area contributed by atoms with Crippen LogP contribution in [-0.4, -0.2) is 24.3 Å². The van der Waals surface area contributed by atoms with E-state index in [2.05, 4.69) is 54.2 Å². The van der Waals surface area contributed by atoms with E-state index in [4.69, 9.17) is 4.74 Å². The number of methoxy groups -OCH3 is 1. The van der Waals surface area contributed by atoms with Crippen molar-refractivity contribution in [3.05, 3.63) is 36.0 Å². The SMILES string of the molecule is CCC(CC)NCc1cn(CCCOC)c2ccccc12. The van der Waals surface area contributed by atoms with E-state index >= 15 is 0 Å². The predicted molar refractivity (Wildman–Crippen MR) is 89.6 cm³/mol. The maximum atomic E-state index is 5.16. The van der Waals surface area contributed by atoms with E-state index in [1.54, 1.807) is 7.11 Å². The Balaban J connectivity index is 2.15. The molecule has 0 amide bonds. The van der Waals surface area contributed by atoms with E-state index in [-0.39, 0.29) is 0 Å². The third kappa shape index (κ3) is 4.08. The molecule has 3 nitrogen and oxygen atoms in total. The summed E-state index contributed by atoms with van der Waals surface area (Å²) in [7, 11) is 1.76. The maximum absolute atomic E-state index is 5.16. The molecule has 0 aliphatic carbocycles. The van der Waals surface area contributed by atoms with Crippen molar-refractivity contribution in [3.63, 3.8) is 0 Å². The van der Waals surface area contributed by atoms with Gasteiger partial charge in [0.2, 0.25) is 0 Å². The normalized spacial score (nSPS) is 11.6. The van der Waals surface area contributed by atoms with Crippen molar-refractivity contribution in [1.82, 2.24) is 9.88 Å². The summed E-state index contributed by atoms with van der Waals surface area (Å²) in [4.78, 5) is 0. The maximum Gasteiger partial charge on any atom is 0.0483 e. The van der Waals surface area contributed by atoms with Crippen LogP contribution < -0.4 is 5.32 Å². The number of rotatable bonds is 9. The third-order valence-electron chi connectivity index (χ3n) is 4.19. The van der Waals surface area contributed by atoms with Gasteiger partial charge in [-0.25, -0.2) is 0 Å². The average Bonchev–Trinajstić information content (AvgIpc) is 2.87. The molecule has 1 aromatic heterocycles. The van der Waals surface area contributed by atoms with Crippen LogP contribution in [0.5, 0.6) is 0 Å². The van der Waals surface area contributed by atoms with Gasteiger partial charge in [-0.05, 0) is 30.9 Å². The van der Waals surface area contributed by atoms with Gasteiger partial charge in [-0.3, -0.25) is 0 Å². The molecule has 0 bridgehead atoms. The number of aryl methyl sites for hydroxylation is 1. The highest BCUT2D eigenvalue weighted by molar-refractivity contribution is 5.83. The number of fused-ring (bicyclic) bond motifs is 1. The lowest BCUT2D eigenvalue weighted by molar-refractivity contribution is 0.190. The topological polar surface area (TPSA) is 26.2 Å². The molecule has 0 saturated heterocycles. The fourth-order valence-corrected chi connectivity index (χ4v) is 2.86. The van der Waals surface area contributed by atoms with Gasteiger partial charge in [0.1, 0.15) is 0 Å². The van der Waals surface area contributed by atoms with Gasteiger partial charge in [-0.15, -0.1) is 0 Å². The Morgan fingerprint density at radius 1 is 1.19 bits per heavy atom. The molecule has 116 valence electrons. The lowest BCUT2D eigenvalue weighted by atomic mass is 10.1. The smallest absolute Gasteiger partial charge is 0.0483 e. The Bertz CT molecular complexity index is 543. The summed E-state index contributed by atoms with van der Waals surface area (Å²) >= 11 is 0. The molecule has 0 unspecified atom stereocenters. The van der Waals surface area contributed by atoms with Crippen molar-refractivity contribution < 1.29 is 4.74 Å². The second-order valence-corrected chi connectivity index (χ2v) is 5.61. The van der Waals surface area contributed by atoms with Crippen LogP contribution >= 0.6 is 0 Å². The average molecular weight is 288 g/mol. The summed E-state index contributed by atoms with van der Waals surface area (Å²) in [6.45, 7) is 7.27. The number of ether oxygens (including phenoxy) is 1. The van der Waals surface area contributed by atoms with Crippen LogP contribution in [0.4, 0.5) is 0 Å². The van der Waals surface area contributed by atoms with E-state index < -0.39 is 0 Å². The van der Waals surface area contributed by atoms with Crippen LogP contribution in [0.25, 0.3) is 10.9 Å². The molecular formula is C18H28N2O. The highest BCUT2D eigenvalue weighted by Crippen LogP contribution is 2.22. The summed E-state index contributed by atoms with van der Waals surface area (Å²) in [6, 6.07) is 9.30. The number of nitrogens with one attached hydrogen (secondary N) is 1. The predicted octanol–water partition coefficient (Wildman–Crippen LogP) is 3.96. The summed E-state index contributed by atoms with van der Waals surface area (Å²) in [6.07, 6.45) is 5.72. The van der Waals surface area contributed by atoms with Crippen molar-refractivity contribution in [1.29, 1.82) is 0 Å². The van der Waals surface area contributed by atoms with Crippen LogP contribution in [0.15, 0.2) is 30.5 Å². The van der Waals surface area contributed by atoms with Crippen LogP contribution in [0.2, 0.25) is 0 Å². The molecular weight excluding hydrogens is 260 g/mol. The van der Waals surface area contributed by atoms with Gasteiger partial charge in [0.05, 0.1) is 0 Å². The van der Waals surface area contributed by atoms with Crippen molar-refractivity contribution in [3.8, 4) is 0 Å². The van der Waals surface area contributed by atoms with E-state index in [1.165, 1.54) is 29.3 Å². The molecule has 3 heteroatoms. The molecule has 1 N–H and O–H groups in total. The first-order valence-corrected chi connectivity index (χ1v) is 8.09. The minimum Gasteiger partial charge on any atom is -0.385 e. The van der Waals surface area contributed by atoms with E-state index in [1.807, 2.05) is 0 Å². The molecule has 0 saturated carbocycles. The molecule has 0 radical (unpaired) electrons. The van der Waals surface area contributed by atoms with Crippen LogP contribution in [0, 0.1) is 0 Å². The standard InChI is InChI=1S/C18H28N2O/c1-4-16(5-2)19-13-15-14-20(11-8-12-21-3)18-10-7-6-9-17(15)18/h6-7,9-10,14,16,19H,4-5,8,11-13H2,1-3H3. The van der Waals surface area contributed by atoms with E-state index in [0.29, 0.717) is 6.04 Å². The Labute approximate surface area is 128 Å². The number of hydrogen-bond donors (Lipinski definition) is 1. The van der Waals surface area contributed by atoms with E-state index in [9.17, 15) is 0 Å². The van der Waals surface area contributed by atoms with Gasteiger partial charge in [0, 0.05) is 49.9 Å². The summed E-state index contributed by atoms with van der Waals surface area (Å²) in [5.74, 6) is 0. The van der Waals surface area contributed by atoms with Crippen molar-refractivity contribution in [2.75, 3.05) is 13.7 Å². The molecule has 0 aliphatic heterocycles. The molecule has 1 aromatic carbocycles. The first-order chi connectivity index (χ1) is 10.3. The Morgan fingerprint density at radius 3 is 2.67 bits per heavy atom. The summed E-state index contributed by atoms with van der Waals surface area (Å²) in [5, 5.41) is 5.04. The van der Waals surface area contributed by atoms with Crippen LogP contribution in [0.1, 0.15) is 38.7 Å². The number of para-hydroxylation sites is 1. The van der Waals surface area contributed by atoms with Gasteiger partial charge >= 0.3 is 0 Å². The Kier molecular flexibility index (Phi) is 6.27. The molecule has 0 spiro atoms. The first-order valence-electron chi connectivity index (χ1n) is 8.09. The molecule has 0 atom stereocenters. The number of nitrogens with zero attached hydrogens (tertiary/aromatic N) is 1. The Hall–Kier alpha value is -1.32. The minimum absolute atomic E-state index is 0.612. The Morgan fingerprint density at radius 2 is 1.95 bits per heavy atom. The fourth-order valence-electron chi connectivity index (χ4n) is 2.86. The molecule has 1 heterocycles. The molecule has 21 heavy (non-hydrogen) atoms. The number of hydrogen-bond acceptors (Lipinski definition) is 2. The molecule has 0 aliphatic rings. The van der Waals surface area contributed by atoms with Crippen molar-refractivity contribution in [2.24, 2.45) is 0 Å². The zero-order valence-corrected chi connectivity index (χ0v) is 13.6. The van der Waals surface area contributed by atoms with Crippen LogP contribution in [-0.2, 0) is 17.8 Å². The van der Waals surface area contributed by atoms with Gasteiger partial charge < -0.3 is 14.6 Å². The molecule has 2 rings (SSSR count). The van der Waals surface area contributed by atoms with Crippen molar-refractivity contribution in [2.45, 2.75) is 52.2 Å². The molecule has 2 aromatic rings. The number of aromatic nitrogens is 1. The minimum atomic E-state index is 0.612. The van der Waals surface area contributed by atoms with Gasteiger partial charge in [0.15, 0.2) is 0 Å². The van der Waals surface area contributed by atoms with Crippen molar-refractivity contribution >= 4 is 10.9 Å². The second-order valence-electron chi connectivity index (χ2n) is 5.61. The zero-order chi connectivity index (χ0) is 15.1. The van der Waals surface area contributed by atoms with Gasteiger partial charge in [0.25, 0.3) is 0 Å². The monoisotopic (exact) mass is 288 g/mol. The lowest BCUT2D eigenvalue weighted by Crippen LogP contribution is -2.26. The highest BCUT2D eigenvalue weighted by atomic mass is 16.5. The largest absolute Gasteiger partial charge is 0.385 e. The first kappa shape index (κ1) is 16.1.